The van der Waals surface area contributed by atoms with E-state index in [1.165, 1.54) is 60.7 Å². The summed E-state index contributed by atoms with van der Waals surface area (Å²) in [7, 11) is 1.36. The first kappa shape index (κ1) is 21.9. The van der Waals surface area contributed by atoms with Crippen molar-refractivity contribution in [2.75, 3.05) is 7.11 Å². The van der Waals surface area contributed by atoms with Gasteiger partial charge in [-0.2, -0.15) is 8.78 Å². The summed E-state index contributed by atoms with van der Waals surface area (Å²) in [6.45, 7) is -3.03. The van der Waals surface area contributed by atoms with Crippen LogP contribution < -0.4 is 9.47 Å². The van der Waals surface area contributed by atoms with Gasteiger partial charge in [-0.05, 0) is 51.3 Å². The van der Waals surface area contributed by atoms with Gasteiger partial charge in [0.1, 0.15) is 17.3 Å². The summed E-state index contributed by atoms with van der Waals surface area (Å²) in [5.41, 5.74) is 0.979. The normalized spacial score (nSPS) is 16.1. The van der Waals surface area contributed by atoms with Crippen molar-refractivity contribution in [2.45, 2.75) is 25.5 Å². The first-order valence-corrected chi connectivity index (χ1v) is 9.66. The predicted molar refractivity (Wildman–Crippen MR) is 106 cm³/mol. The molecule has 0 saturated heterocycles. The van der Waals surface area contributed by atoms with Crippen LogP contribution in [0.25, 0.3) is 0 Å². The lowest BCUT2D eigenvalue weighted by Gasteiger charge is -2.31. The third-order valence-electron chi connectivity index (χ3n) is 4.57. The highest BCUT2D eigenvalue weighted by Crippen LogP contribution is 2.36. The van der Waals surface area contributed by atoms with Crippen molar-refractivity contribution in [2.24, 2.45) is 0 Å². The van der Waals surface area contributed by atoms with Gasteiger partial charge in [-0.3, -0.25) is 9.59 Å². The van der Waals surface area contributed by atoms with E-state index >= 15 is 0 Å². The van der Waals surface area contributed by atoms with Crippen molar-refractivity contribution in [3.05, 3.63) is 70.1 Å². The van der Waals surface area contributed by atoms with Crippen molar-refractivity contribution in [3.63, 3.8) is 0 Å². The average Bonchev–Trinajstić information content (AvgIpc) is 2.70. The summed E-state index contributed by atoms with van der Waals surface area (Å²) in [4.78, 5) is 26.3. The third-order valence-corrected chi connectivity index (χ3v) is 5.47. The molecule has 0 saturated carbocycles. The number of carbonyl (C=O) groups excluding carboxylic acids is 2. The van der Waals surface area contributed by atoms with E-state index < -0.39 is 18.5 Å². The van der Waals surface area contributed by atoms with E-state index in [4.69, 9.17) is 4.74 Å². The molecule has 1 amide bonds. The minimum atomic E-state index is -3.03. The van der Waals surface area contributed by atoms with Gasteiger partial charge in [0.05, 0.1) is 24.0 Å². The summed E-state index contributed by atoms with van der Waals surface area (Å²) in [6, 6.07) is 7.55. The molecule has 0 N–H and O–H groups in total. The number of alkyl halides is 2. The largest absolute Gasteiger partial charge is 0.495 e. The van der Waals surface area contributed by atoms with Gasteiger partial charge in [0.2, 0.25) is 5.91 Å². The number of hydrogen-bond acceptors (Lipinski definition) is 4. The SMILES string of the molecule is COc1cc(OC(F)F)cc(CC(=O)N2C=CC(=O)C[C@H]2c2ccc(F)cc2)c1Br. The van der Waals surface area contributed by atoms with Crippen LogP contribution in [0.5, 0.6) is 11.5 Å². The molecule has 5 nitrogen and oxygen atoms in total. The maximum absolute atomic E-state index is 13.3. The molecule has 0 radical (unpaired) electrons. The summed E-state index contributed by atoms with van der Waals surface area (Å²) < 4.78 is 48.6. The van der Waals surface area contributed by atoms with Crippen LogP contribution in [0.2, 0.25) is 0 Å². The monoisotopic (exact) mass is 483 g/mol. The fourth-order valence-corrected chi connectivity index (χ4v) is 3.71. The van der Waals surface area contributed by atoms with Crippen molar-refractivity contribution in [1.82, 2.24) is 4.90 Å². The van der Waals surface area contributed by atoms with Crippen LogP contribution in [0.3, 0.4) is 0 Å². The Morgan fingerprint density at radius 1 is 1.27 bits per heavy atom. The van der Waals surface area contributed by atoms with Gasteiger partial charge in [0.25, 0.3) is 0 Å². The van der Waals surface area contributed by atoms with E-state index in [0.717, 1.165) is 0 Å². The molecule has 0 unspecified atom stereocenters. The molecule has 3 rings (SSSR count). The maximum Gasteiger partial charge on any atom is 0.387 e. The maximum atomic E-state index is 13.3. The van der Waals surface area contributed by atoms with Crippen LogP contribution in [0, 0.1) is 5.82 Å². The number of nitrogens with zero attached hydrogens (tertiary/aromatic N) is 1. The second-order valence-electron chi connectivity index (χ2n) is 6.51. The molecule has 158 valence electrons. The van der Waals surface area contributed by atoms with E-state index in [9.17, 15) is 22.8 Å². The molecule has 30 heavy (non-hydrogen) atoms. The molecule has 0 aromatic heterocycles. The molecular weight excluding hydrogens is 467 g/mol. The molecule has 2 aromatic carbocycles. The Hall–Kier alpha value is -2.81. The number of methoxy groups -OCH3 is 1. The molecule has 0 bridgehead atoms. The molecular formula is C21H17BrF3NO4. The first-order valence-electron chi connectivity index (χ1n) is 8.87. The minimum absolute atomic E-state index is 0.0485. The van der Waals surface area contributed by atoms with Gasteiger partial charge in [-0.25, -0.2) is 4.39 Å². The number of amides is 1. The highest BCUT2D eigenvalue weighted by molar-refractivity contribution is 9.10. The Morgan fingerprint density at radius 2 is 1.97 bits per heavy atom. The molecule has 9 heteroatoms. The molecule has 1 aliphatic rings. The second-order valence-corrected chi connectivity index (χ2v) is 7.30. The van der Waals surface area contributed by atoms with Crippen molar-refractivity contribution in [3.8, 4) is 11.5 Å². The van der Waals surface area contributed by atoms with Gasteiger partial charge < -0.3 is 14.4 Å². The van der Waals surface area contributed by atoms with Crippen molar-refractivity contribution < 1.29 is 32.2 Å². The number of ether oxygens (including phenoxy) is 2. The van der Waals surface area contributed by atoms with E-state index in [2.05, 4.69) is 20.7 Å². The quantitative estimate of drug-likeness (QED) is 0.592. The highest BCUT2D eigenvalue weighted by Gasteiger charge is 2.29. The Kier molecular flexibility index (Phi) is 6.81. The molecule has 1 aliphatic heterocycles. The molecule has 0 fully saturated rings. The summed E-state index contributed by atoms with van der Waals surface area (Å²) in [5, 5.41) is 0. The Labute approximate surface area is 179 Å². The zero-order valence-corrected chi connectivity index (χ0v) is 17.4. The summed E-state index contributed by atoms with van der Waals surface area (Å²) >= 11 is 3.32. The number of benzene rings is 2. The van der Waals surface area contributed by atoms with Gasteiger partial charge in [-0.15, -0.1) is 0 Å². The van der Waals surface area contributed by atoms with Gasteiger partial charge in [0, 0.05) is 18.7 Å². The van der Waals surface area contributed by atoms with Crippen LogP contribution in [-0.2, 0) is 16.0 Å². The van der Waals surface area contributed by atoms with E-state index in [1.807, 2.05) is 0 Å². The smallest absolute Gasteiger partial charge is 0.387 e. The molecule has 1 heterocycles. The zero-order chi connectivity index (χ0) is 21.8. The number of carbonyl (C=O) groups is 2. The lowest BCUT2D eigenvalue weighted by molar-refractivity contribution is -0.131. The van der Waals surface area contributed by atoms with E-state index in [0.29, 0.717) is 15.6 Å². The Morgan fingerprint density at radius 3 is 2.60 bits per heavy atom. The molecule has 0 spiro atoms. The van der Waals surface area contributed by atoms with Crippen LogP contribution >= 0.6 is 15.9 Å². The Balaban J connectivity index is 1.90. The number of halogens is 4. The molecule has 1 atom stereocenters. The number of hydrogen-bond donors (Lipinski definition) is 0. The minimum Gasteiger partial charge on any atom is -0.495 e. The first-order chi connectivity index (χ1) is 14.3. The number of rotatable bonds is 6. The average molecular weight is 484 g/mol. The zero-order valence-electron chi connectivity index (χ0n) is 15.8. The van der Waals surface area contributed by atoms with Crippen molar-refractivity contribution in [1.29, 1.82) is 0 Å². The van der Waals surface area contributed by atoms with E-state index in [-0.39, 0.29) is 36.0 Å². The fraction of sp³-hybridized carbons (Fsp3) is 0.238. The molecule has 0 aliphatic carbocycles. The second kappa shape index (κ2) is 9.34. The van der Waals surface area contributed by atoms with Gasteiger partial charge >= 0.3 is 6.61 Å². The topological polar surface area (TPSA) is 55.8 Å². The standard InChI is InChI=1S/C21H17BrF3NO4/c1-29-18-11-16(30-21(24)25)8-13(20(18)22)9-19(28)26-7-6-15(27)10-17(26)12-2-4-14(23)5-3-12/h2-8,11,17,21H,9-10H2,1H3/t17-/m0/s1. The Bertz CT molecular complexity index is 979. The summed E-state index contributed by atoms with van der Waals surface area (Å²) in [5.74, 6) is -0.891. The lowest BCUT2D eigenvalue weighted by Crippen LogP contribution is -2.35. The van der Waals surface area contributed by atoms with E-state index in [1.54, 1.807) is 0 Å². The van der Waals surface area contributed by atoms with Gasteiger partial charge in [-0.1, -0.05) is 12.1 Å². The van der Waals surface area contributed by atoms with Crippen LogP contribution in [-0.4, -0.2) is 30.3 Å². The van der Waals surface area contributed by atoms with Crippen LogP contribution in [0.15, 0.2) is 53.1 Å². The van der Waals surface area contributed by atoms with Crippen LogP contribution in [0.4, 0.5) is 13.2 Å². The highest BCUT2D eigenvalue weighted by atomic mass is 79.9. The van der Waals surface area contributed by atoms with Gasteiger partial charge in [0.15, 0.2) is 5.78 Å². The number of ketones is 1. The molecule has 2 aromatic rings. The lowest BCUT2D eigenvalue weighted by atomic mass is 9.96. The van der Waals surface area contributed by atoms with Crippen molar-refractivity contribution >= 4 is 27.6 Å². The number of allylic oxidation sites excluding steroid dienone is 1. The summed E-state index contributed by atoms with van der Waals surface area (Å²) in [6.07, 6.45) is 2.55. The third kappa shape index (κ3) is 5.02. The fourth-order valence-electron chi connectivity index (χ4n) is 3.17. The van der Waals surface area contributed by atoms with Crippen LogP contribution in [0.1, 0.15) is 23.6 Å². The predicted octanol–water partition coefficient (Wildman–Crippen LogP) is 4.80.